The van der Waals surface area contributed by atoms with Crippen molar-refractivity contribution in [3.05, 3.63) is 66.2 Å². The molecule has 1 aromatic heterocycles. The minimum absolute atomic E-state index is 0.0355. The van der Waals surface area contributed by atoms with E-state index in [4.69, 9.17) is 13.9 Å². The minimum Gasteiger partial charge on any atom is -0.485 e. The van der Waals surface area contributed by atoms with Gasteiger partial charge < -0.3 is 23.7 Å². The molecule has 3 heterocycles. The van der Waals surface area contributed by atoms with Crippen LogP contribution in [0.4, 0.5) is 0 Å². The predicted octanol–water partition coefficient (Wildman–Crippen LogP) is 3.09. The Morgan fingerprint density at radius 3 is 2.44 bits per heavy atom. The van der Waals surface area contributed by atoms with Crippen LogP contribution in [0.3, 0.4) is 0 Å². The van der Waals surface area contributed by atoms with Crippen LogP contribution in [-0.2, 0) is 16.0 Å². The molecule has 2 aromatic carbocycles. The first-order valence-corrected chi connectivity index (χ1v) is 11.5. The number of carbonyl (C=O) groups is 2. The van der Waals surface area contributed by atoms with Crippen molar-refractivity contribution in [2.75, 3.05) is 32.8 Å². The highest BCUT2D eigenvalue weighted by atomic mass is 16.6. The van der Waals surface area contributed by atoms with E-state index in [2.05, 4.69) is 4.98 Å². The Balaban J connectivity index is 1.09. The largest absolute Gasteiger partial charge is 0.485 e. The van der Waals surface area contributed by atoms with Gasteiger partial charge in [-0.1, -0.05) is 42.0 Å². The summed E-state index contributed by atoms with van der Waals surface area (Å²) >= 11 is 0. The van der Waals surface area contributed by atoms with Crippen molar-refractivity contribution in [1.82, 2.24) is 14.8 Å². The quantitative estimate of drug-likeness (QED) is 0.581. The smallest absolute Gasteiger partial charge is 0.267 e. The zero-order valence-corrected chi connectivity index (χ0v) is 19.1. The number of fused-ring (bicyclic) bond motifs is 1. The summed E-state index contributed by atoms with van der Waals surface area (Å²) in [7, 11) is 0. The molecule has 34 heavy (non-hydrogen) atoms. The molecule has 1 atom stereocenters. The van der Waals surface area contributed by atoms with Gasteiger partial charge in [0.25, 0.3) is 5.91 Å². The number of benzene rings is 2. The first-order chi connectivity index (χ1) is 16.6. The van der Waals surface area contributed by atoms with Crippen LogP contribution in [0.2, 0.25) is 0 Å². The lowest BCUT2D eigenvalue weighted by Gasteiger charge is -2.37. The van der Waals surface area contributed by atoms with Crippen molar-refractivity contribution in [2.45, 2.75) is 25.9 Å². The molecule has 0 saturated carbocycles. The van der Waals surface area contributed by atoms with Crippen LogP contribution in [0.5, 0.6) is 11.5 Å². The molecule has 0 bridgehead atoms. The molecule has 1 unspecified atom stereocenters. The van der Waals surface area contributed by atoms with Crippen molar-refractivity contribution in [3.8, 4) is 22.8 Å². The third kappa shape index (κ3) is 4.76. The van der Waals surface area contributed by atoms with Gasteiger partial charge in [0.2, 0.25) is 12.0 Å². The highest BCUT2D eigenvalue weighted by Gasteiger charge is 2.33. The number of aryl methyl sites for hydroxylation is 2. The van der Waals surface area contributed by atoms with E-state index < -0.39 is 6.10 Å². The summed E-state index contributed by atoms with van der Waals surface area (Å²) in [5, 5.41) is 0. The van der Waals surface area contributed by atoms with Crippen LogP contribution in [0.1, 0.15) is 17.9 Å². The van der Waals surface area contributed by atoms with Gasteiger partial charge in [-0.15, -0.1) is 0 Å². The third-order valence-electron chi connectivity index (χ3n) is 6.17. The average molecular weight is 462 g/mol. The molecule has 1 fully saturated rings. The molecule has 8 nitrogen and oxygen atoms in total. The van der Waals surface area contributed by atoms with Gasteiger partial charge in [0.1, 0.15) is 6.61 Å². The monoisotopic (exact) mass is 461 g/mol. The van der Waals surface area contributed by atoms with Crippen molar-refractivity contribution < 1.29 is 23.5 Å². The summed E-state index contributed by atoms with van der Waals surface area (Å²) in [6.45, 7) is 4.17. The lowest BCUT2D eigenvalue weighted by Crippen LogP contribution is -2.55. The Kier molecular flexibility index (Phi) is 6.20. The summed E-state index contributed by atoms with van der Waals surface area (Å²) in [5.41, 5.74) is 2.15. The predicted molar refractivity (Wildman–Crippen MR) is 125 cm³/mol. The molecular formula is C26H27N3O5. The number of nitrogens with zero attached hydrogens (tertiary/aromatic N) is 3. The van der Waals surface area contributed by atoms with Crippen LogP contribution < -0.4 is 9.47 Å². The van der Waals surface area contributed by atoms with Crippen LogP contribution in [0, 0.1) is 6.92 Å². The maximum atomic E-state index is 12.9. The fourth-order valence-electron chi connectivity index (χ4n) is 4.17. The first kappa shape index (κ1) is 22.0. The van der Waals surface area contributed by atoms with E-state index in [-0.39, 0.29) is 18.4 Å². The van der Waals surface area contributed by atoms with E-state index in [0.717, 1.165) is 5.56 Å². The van der Waals surface area contributed by atoms with Gasteiger partial charge in [-0.25, -0.2) is 4.98 Å². The molecule has 1 saturated heterocycles. The molecule has 176 valence electrons. The number of piperazine rings is 1. The van der Waals surface area contributed by atoms with Crippen molar-refractivity contribution >= 4 is 11.8 Å². The number of hydrogen-bond donors (Lipinski definition) is 0. The lowest BCUT2D eigenvalue weighted by atomic mass is 10.1. The Labute approximate surface area is 198 Å². The maximum Gasteiger partial charge on any atom is 0.267 e. The van der Waals surface area contributed by atoms with Gasteiger partial charge in [-0.05, 0) is 19.1 Å². The SMILES string of the molecule is Cc1ccc(-c2cnc(CCC(=O)N3CCN(C(=O)C4COc5ccccc5O4)CC3)o2)cc1. The Hall–Kier alpha value is -3.81. The minimum atomic E-state index is -0.662. The van der Waals surface area contributed by atoms with Crippen LogP contribution in [0.15, 0.2) is 59.1 Å². The number of para-hydroxylation sites is 2. The summed E-state index contributed by atoms with van der Waals surface area (Å²) in [6, 6.07) is 15.4. The van der Waals surface area contributed by atoms with Gasteiger partial charge >= 0.3 is 0 Å². The number of oxazole rings is 1. The normalized spacial score (nSPS) is 17.5. The molecule has 0 N–H and O–H groups in total. The zero-order chi connectivity index (χ0) is 23.5. The second-order valence-corrected chi connectivity index (χ2v) is 8.55. The summed E-state index contributed by atoms with van der Waals surface area (Å²) < 4.78 is 17.3. The summed E-state index contributed by atoms with van der Waals surface area (Å²) in [4.78, 5) is 33.5. The fraction of sp³-hybridized carbons (Fsp3) is 0.346. The third-order valence-corrected chi connectivity index (χ3v) is 6.17. The number of rotatable bonds is 5. The second-order valence-electron chi connectivity index (χ2n) is 8.55. The molecule has 0 spiro atoms. The number of amides is 2. The molecule has 2 amide bonds. The Morgan fingerprint density at radius 2 is 1.68 bits per heavy atom. The number of hydrogen-bond acceptors (Lipinski definition) is 6. The summed E-state index contributed by atoms with van der Waals surface area (Å²) in [5.74, 6) is 2.41. The number of ether oxygens (including phenoxy) is 2. The zero-order valence-electron chi connectivity index (χ0n) is 19.1. The fourth-order valence-corrected chi connectivity index (χ4v) is 4.17. The number of carbonyl (C=O) groups excluding carboxylic acids is 2. The van der Waals surface area contributed by atoms with E-state index in [1.54, 1.807) is 22.1 Å². The highest BCUT2D eigenvalue weighted by molar-refractivity contribution is 5.82. The molecule has 0 aliphatic carbocycles. The highest BCUT2D eigenvalue weighted by Crippen LogP contribution is 2.31. The van der Waals surface area contributed by atoms with Crippen molar-refractivity contribution in [3.63, 3.8) is 0 Å². The molecule has 5 rings (SSSR count). The summed E-state index contributed by atoms with van der Waals surface area (Å²) in [6.07, 6.45) is 1.80. The second kappa shape index (κ2) is 9.59. The van der Waals surface area contributed by atoms with Gasteiger partial charge in [-0.2, -0.15) is 0 Å². The van der Waals surface area contributed by atoms with E-state index in [0.29, 0.717) is 62.2 Å². The van der Waals surface area contributed by atoms with Crippen LogP contribution in [0.25, 0.3) is 11.3 Å². The van der Waals surface area contributed by atoms with E-state index in [9.17, 15) is 9.59 Å². The van der Waals surface area contributed by atoms with Gasteiger partial charge in [0.05, 0.1) is 6.20 Å². The topological polar surface area (TPSA) is 85.1 Å². The lowest BCUT2D eigenvalue weighted by molar-refractivity contribution is -0.146. The molecule has 2 aliphatic rings. The van der Waals surface area contributed by atoms with Gasteiger partial charge in [0, 0.05) is 44.6 Å². The van der Waals surface area contributed by atoms with Gasteiger partial charge in [-0.3, -0.25) is 9.59 Å². The molecule has 2 aliphatic heterocycles. The maximum absolute atomic E-state index is 12.9. The van der Waals surface area contributed by atoms with Crippen molar-refractivity contribution in [1.29, 1.82) is 0 Å². The number of aromatic nitrogens is 1. The average Bonchev–Trinajstić information content (AvgIpc) is 3.36. The molecule has 0 radical (unpaired) electrons. The van der Waals surface area contributed by atoms with Crippen LogP contribution in [-0.4, -0.2) is 65.5 Å². The van der Waals surface area contributed by atoms with E-state index in [1.165, 1.54) is 5.56 Å². The van der Waals surface area contributed by atoms with Crippen molar-refractivity contribution in [2.24, 2.45) is 0 Å². The standard InChI is InChI=1S/C26H27N3O5/c1-18-6-8-19(9-7-18)22-16-27-24(34-22)10-11-25(30)28-12-14-29(15-13-28)26(31)23-17-32-20-4-2-3-5-21(20)33-23/h2-9,16,23H,10-15,17H2,1H3. The molecular weight excluding hydrogens is 434 g/mol. The van der Waals surface area contributed by atoms with Gasteiger partial charge in [0.15, 0.2) is 23.1 Å². The van der Waals surface area contributed by atoms with Crippen LogP contribution >= 0.6 is 0 Å². The van der Waals surface area contributed by atoms with E-state index in [1.807, 2.05) is 49.4 Å². The Morgan fingerprint density at radius 1 is 0.971 bits per heavy atom. The molecule has 8 heteroatoms. The van der Waals surface area contributed by atoms with E-state index >= 15 is 0 Å². The Bertz CT molecular complexity index is 1170. The first-order valence-electron chi connectivity index (χ1n) is 11.5. The molecule has 3 aromatic rings.